The molecule has 0 bridgehead atoms. The van der Waals surface area contributed by atoms with Crippen LogP contribution in [0.5, 0.6) is 0 Å². The molecule has 2 saturated heterocycles. The molecule has 0 unspecified atom stereocenters. The summed E-state index contributed by atoms with van der Waals surface area (Å²) in [6.45, 7) is 2.76. The van der Waals surface area contributed by atoms with E-state index in [2.05, 4.69) is 5.32 Å². The predicted octanol–water partition coefficient (Wildman–Crippen LogP) is 2.67. The van der Waals surface area contributed by atoms with Gasteiger partial charge in [0, 0.05) is 18.1 Å². The summed E-state index contributed by atoms with van der Waals surface area (Å²) in [4.78, 5) is -0.319. The van der Waals surface area contributed by atoms with Gasteiger partial charge in [0.15, 0.2) is 0 Å². The lowest BCUT2D eigenvalue weighted by atomic mass is 9.78. The fourth-order valence-corrected chi connectivity index (χ4v) is 5.16. The van der Waals surface area contributed by atoms with Gasteiger partial charge in [-0.3, -0.25) is 0 Å². The molecule has 3 rings (SSSR count). The lowest BCUT2D eigenvalue weighted by molar-refractivity contribution is 0.218. The van der Waals surface area contributed by atoms with Crippen molar-refractivity contribution in [3.63, 3.8) is 0 Å². The maximum Gasteiger partial charge on any atom is 0.246 e. The minimum Gasteiger partial charge on any atom is -0.317 e. The number of piperidine rings is 1. The first-order valence-electron chi connectivity index (χ1n) is 7.09. The zero-order valence-corrected chi connectivity index (χ0v) is 14.4. The smallest absolute Gasteiger partial charge is 0.246 e. The van der Waals surface area contributed by atoms with Gasteiger partial charge in [-0.05, 0) is 56.0 Å². The lowest BCUT2D eigenvalue weighted by Gasteiger charge is -2.33. The van der Waals surface area contributed by atoms with Crippen LogP contribution in [-0.4, -0.2) is 38.9 Å². The van der Waals surface area contributed by atoms with Crippen molar-refractivity contribution < 1.29 is 12.8 Å². The van der Waals surface area contributed by atoms with E-state index in [9.17, 15) is 12.8 Å². The van der Waals surface area contributed by atoms with Gasteiger partial charge >= 0.3 is 0 Å². The minimum atomic E-state index is -3.81. The zero-order valence-electron chi connectivity index (χ0n) is 12.0. The highest BCUT2D eigenvalue weighted by Crippen LogP contribution is 2.40. The van der Waals surface area contributed by atoms with Crippen molar-refractivity contribution in [2.45, 2.75) is 24.2 Å². The van der Waals surface area contributed by atoms with Gasteiger partial charge in [-0.25, -0.2) is 12.8 Å². The number of halogens is 3. The molecule has 8 heteroatoms. The third kappa shape index (κ3) is 3.26. The van der Waals surface area contributed by atoms with E-state index in [-0.39, 0.29) is 27.7 Å². The van der Waals surface area contributed by atoms with Crippen molar-refractivity contribution in [2.75, 3.05) is 26.2 Å². The third-order valence-electron chi connectivity index (χ3n) is 4.58. The van der Waals surface area contributed by atoms with E-state index < -0.39 is 15.8 Å². The largest absolute Gasteiger partial charge is 0.317 e. The van der Waals surface area contributed by atoms with E-state index in [1.165, 1.54) is 16.4 Å². The second kappa shape index (κ2) is 6.61. The summed E-state index contributed by atoms with van der Waals surface area (Å²) in [5, 5.41) is 3.52. The van der Waals surface area contributed by atoms with Crippen molar-refractivity contribution in [3.05, 3.63) is 29.0 Å². The summed E-state index contributed by atoms with van der Waals surface area (Å²) < 4.78 is 40.6. The topological polar surface area (TPSA) is 49.4 Å². The van der Waals surface area contributed by atoms with Gasteiger partial charge in [0.1, 0.15) is 10.7 Å². The van der Waals surface area contributed by atoms with E-state index in [4.69, 9.17) is 11.6 Å². The van der Waals surface area contributed by atoms with E-state index >= 15 is 0 Å². The molecule has 1 aromatic rings. The fraction of sp³-hybridized carbons (Fsp3) is 0.571. The number of hydrogen-bond acceptors (Lipinski definition) is 3. The van der Waals surface area contributed by atoms with Gasteiger partial charge in [0.25, 0.3) is 0 Å². The summed E-state index contributed by atoms with van der Waals surface area (Å²) in [5.74, 6) is -0.745. The Bertz CT molecular complexity index is 648. The van der Waals surface area contributed by atoms with Crippen LogP contribution >= 0.6 is 24.0 Å². The highest BCUT2D eigenvalue weighted by atomic mass is 35.5. The number of nitrogens with zero attached hydrogens (tertiary/aromatic N) is 1. The highest BCUT2D eigenvalue weighted by Gasteiger charge is 2.43. The molecule has 1 aromatic carbocycles. The second-order valence-electron chi connectivity index (χ2n) is 5.91. The Morgan fingerprint density at radius 1 is 1.23 bits per heavy atom. The normalized spacial score (nSPS) is 21.7. The minimum absolute atomic E-state index is 0. The van der Waals surface area contributed by atoms with Gasteiger partial charge in [0.05, 0.1) is 0 Å². The van der Waals surface area contributed by atoms with E-state index in [1.54, 1.807) is 0 Å². The van der Waals surface area contributed by atoms with Crippen molar-refractivity contribution >= 4 is 34.0 Å². The molecule has 4 nitrogen and oxygen atoms in total. The third-order valence-corrected chi connectivity index (χ3v) is 6.67. The predicted molar refractivity (Wildman–Crippen MR) is 86.6 cm³/mol. The monoisotopic (exact) mass is 368 g/mol. The Balaban J connectivity index is 0.00000176. The Morgan fingerprint density at radius 2 is 1.91 bits per heavy atom. The molecule has 1 N–H and O–H groups in total. The van der Waals surface area contributed by atoms with Crippen LogP contribution in [0.2, 0.25) is 5.02 Å². The molecule has 22 heavy (non-hydrogen) atoms. The van der Waals surface area contributed by atoms with Gasteiger partial charge in [-0.2, -0.15) is 4.31 Å². The molecular weight excluding hydrogens is 350 g/mol. The summed E-state index contributed by atoms with van der Waals surface area (Å²) in [7, 11) is -3.81. The zero-order chi connectivity index (χ0) is 15.1. The number of rotatable bonds is 2. The Kier molecular flexibility index (Phi) is 5.39. The van der Waals surface area contributed by atoms with Gasteiger partial charge in [-0.15, -0.1) is 12.4 Å². The first kappa shape index (κ1) is 17.9. The van der Waals surface area contributed by atoms with Crippen LogP contribution in [0.1, 0.15) is 19.3 Å². The van der Waals surface area contributed by atoms with Crippen LogP contribution in [0.3, 0.4) is 0 Å². The molecule has 0 saturated carbocycles. The lowest BCUT2D eigenvalue weighted by Crippen LogP contribution is -2.39. The maximum atomic E-state index is 13.9. The molecule has 0 atom stereocenters. The summed E-state index contributed by atoms with van der Waals surface area (Å²) in [6.07, 6.45) is 2.78. The van der Waals surface area contributed by atoms with Crippen molar-refractivity contribution in [1.29, 1.82) is 0 Å². The molecule has 2 heterocycles. The number of sulfonamides is 1. The summed E-state index contributed by atoms with van der Waals surface area (Å²) >= 11 is 5.81. The first-order valence-corrected chi connectivity index (χ1v) is 8.91. The molecule has 2 aliphatic heterocycles. The highest BCUT2D eigenvalue weighted by molar-refractivity contribution is 7.89. The number of hydrogen-bond donors (Lipinski definition) is 1. The summed E-state index contributed by atoms with van der Waals surface area (Å²) in [6, 6.07) is 3.65. The second-order valence-corrected chi connectivity index (χ2v) is 8.26. The molecule has 1 spiro atoms. The molecule has 124 valence electrons. The van der Waals surface area contributed by atoms with E-state index in [1.807, 2.05) is 0 Å². The van der Waals surface area contributed by atoms with Crippen LogP contribution in [-0.2, 0) is 10.0 Å². The summed E-state index contributed by atoms with van der Waals surface area (Å²) in [5.41, 5.74) is 0.0490. The molecule has 0 amide bonds. The molecule has 0 aromatic heterocycles. The van der Waals surface area contributed by atoms with Crippen molar-refractivity contribution in [2.24, 2.45) is 5.41 Å². The van der Waals surface area contributed by atoms with E-state index in [0.717, 1.165) is 38.4 Å². The Morgan fingerprint density at radius 3 is 2.59 bits per heavy atom. The standard InChI is InChI=1S/C14H18ClFN2O2S.ClH/c15-11-1-2-12(16)13(9-11)21(19,20)18-8-5-14(10-18)3-6-17-7-4-14;/h1-2,9,17H,3-8,10H2;1H. The SMILES string of the molecule is Cl.O=S(=O)(c1cc(Cl)ccc1F)N1CCC2(CCNCC2)C1. The average Bonchev–Trinajstić information content (AvgIpc) is 2.87. The van der Waals surface area contributed by atoms with E-state index in [0.29, 0.717) is 13.1 Å². The van der Waals surface area contributed by atoms with Crippen LogP contribution in [0.15, 0.2) is 23.1 Å². The molecule has 2 fully saturated rings. The maximum absolute atomic E-state index is 13.9. The van der Waals surface area contributed by atoms with Crippen LogP contribution < -0.4 is 5.32 Å². The molecule has 0 radical (unpaired) electrons. The van der Waals surface area contributed by atoms with Crippen molar-refractivity contribution in [3.8, 4) is 0 Å². The van der Waals surface area contributed by atoms with Crippen LogP contribution in [0.4, 0.5) is 4.39 Å². The molecule has 0 aliphatic carbocycles. The van der Waals surface area contributed by atoms with Crippen LogP contribution in [0.25, 0.3) is 0 Å². The quantitative estimate of drug-likeness (QED) is 0.872. The number of benzene rings is 1. The fourth-order valence-electron chi connectivity index (χ4n) is 3.28. The molecule has 2 aliphatic rings. The van der Waals surface area contributed by atoms with Crippen molar-refractivity contribution in [1.82, 2.24) is 9.62 Å². The molecular formula is C14H19Cl2FN2O2S. The Hall–Kier alpha value is -0.400. The number of nitrogens with one attached hydrogen (secondary N) is 1. The first-order chi connectivity index (χ1) is 9.93. The average molecular weight is 369 g/mol. The van der Waals surface area contributed by atoms with Gasteiger partial charge in [0.2, 0.25) is 10.0 Å². The van der Waals surface area contributed by atoms with Gasteiger partial charge < -0.3 is 5.32 Å². The van der Waals surface area contributed by atoms with Gasteiger partial charge in [-0.1, -0.05) is 11.6 Å². The van der Waals surface area contributed by atoms with Crippen LogP contribution in [0, 0.1) is 11.2 Å². The Labute approximate surface area is 141 Å².